The van der Waals surface area contributed by atoms with Gasteiger partial charge in [0, 0.05) is 17.1 Å². The van der Waals surface area contributed by atoms with Crippen LogP contribution in [0.2, 0.25) is 0 Å². The number of hydrogen-bond donors (Lipinski definition) is 1. The smallest absolute Gasteiger partial charge is 0.340 e. The maximum Gasteiger partial charge on any atom is 0.340 e. The van der Waals surface area contributed by atoms with Gasteiger partial charge in [0.25, 0.3) is 0 Å². The average Bonchev–Trinajstić information content (AvgIpc) is 2.62. The van der Waals surface area contributed by atoms with Crippen LogP contribution in [0.3, 0.4) is 0 Å². The molecule has 0 amide bonds. The number of aromatic nitrogens is 2. The van der Waals surface area contributed by atoms with Gasteiger partial charge in [-0.2, -0.15) is 0 Å². The zero-order valence-corrected chi connectivity index (χ0v) is 13.3. The van der Waals surface area contributed by atoms with Crippen molar-refractivity contribution in [1.29, 1.82) is 0 Å². The molecule has 0 fully saturated rings. The minimum Gasteiger partial charge on any atom is -0.462 e. The number of hydrogen-bond acceptors (Lipinski definition) is 5. The molecule has 0 spiro atoms. The maximum atomic E-state index is 12.1. The molecule has 0 saturated carbocycles. The van der Waals surface area contributed by atoms with E-state index in [-0.39, 0.29) is 5.82 Å². The number of anilines is 1. The zero-order chi connectivity index (χ0) is 17.1. The van der Waals surface area contributed by atoms with Crippen molar-refractivity contribution < 1.29 is 9.53 Å². The highest BCUT2D eigenvalue weighted by molar-refractivity contribution is 6.06. The van der Waals surface area contributed by atoms with Gasteiger partial charge in [-0.3, -0.25) is 0 Å². The van der Waals surface area contributed by atoms with E-state index in [1.807, 2.05) is 36.4 Å². The van der Waals surface area contributed by atoms with Crippen LogP contribution in [0.1, 0.15) is 22.8 Å². The van der Waals surface area contributed by atoms with E-state index >= 15 is 0 Å². The summed E-state index contributed by atoms with van der Waals surface area (Å²) in [5.41, 5.74) is 9.54. The quantitative estimate of drug-likeness (QED) is 0.742. The Labute approximate surface area is 139 Å². The molecule has 0 unspecified atom stereocenters. The first-order valence-corrected chi connectivity index (χ1v) is 7.59. The predicted octanol–water partition coefficient (Wildman–Crippen LogP) is 3.70. The summed E-state index contributed by atoms with van der Waals surface area (Å²) in [6, 6.07) is 11.5. The lowest BCUT2D eigenvalue weighted by Crippen LogP contribution is -2.08. The Morgan fingerprint density at radius 2 is 2.00 bits per heavy atom. The van der Waals surface area contributed by atoms with Gasteiger partial charge < -0.3 is 10.5 Å². The third-order valence-corrected chi connectivity index (χ3v) is 3.70. The molecule has 5 nitrogen and oxygen atoms in total. The lowest BCUT2D eigenvalue weighted by Gasteiger charge is -2.09. The zero-order valence-electron chi connectivity index (χ0n) is 13.3. The van der Waals surface area contributed by atoms with E-state index in [2.05, 4.69) is 16.5 Å². The van der Waals surface area contributed by atoms with E-state index in [1.54, 1.807) is 13.0 Å². The van der Waals surface area contributed by atoms with E-state index in [1.165, 1.54) is 6.20 Å². The van der Waals surface area contributed by atoms with Crippen LogP contribution in [0.25, 0.3) is 28.2 Å². The largest absolute Gasteiger partial charge is 0.462 e. The summed E-state index contributed by atoms with van der Waals surface area (Å²) < 4.78 is 5.06. The van der Waals surface area contributed by atoms with Crippen molar-refractivity contribution in [3.05, 3.63) is 60.3 Å². The number of benzene rings is 1. The fourth-order valence-corrected chi connectivity index (χ4v) is 2.46. The number of ether oxygens (including phenoxy) is 1. The van der Waals surface area contributed by atoms with Crippen molar-refractivity contribution >= 4 is 28.8 Å². The molecule has 2 aromatic heterocycles. The first-order chi connectivity index (χ1) is 11.6. The van der Waals surface area contributed by atoms with Gasteiger partial charge >= 0.3 is 5.97 Å². The topological polar surface area (TPSA) is 78.1 Å². The number of esters is 1. The molecule has 0 aliphatic carbocycles. The molecule has 120 valence electrons. The first-order valence-electron chi connectivity index (χ1n) is 7.59. The van der Waals surface area contributed by atoms with Crippen molar-refractivity contribution in [3.63, 3.8) is 0 Å². The summed E-state index contributed by atoms with van der Waals surface area (Å²) in [6.07, 6.45) is 3.21. The van der Waals surface area contributed by atoms with Crippen LogP contribution in [0, 0.1) is 0 Å². The Hall–Kier alpha value is -3.21. The second-order valence-corrected chi connectivity index (χ2v) is 5.20. The number of nitrogens with zero attached hydrogens (tertiary/aromatic N) is 2. The van der Waals surface area contributed by atoms with Crippen LogP contribution in [-0.4, -0.2) is 22.5 Å². The number of fused-ring (bicyclic) bond motifs is 1. The summed E-state index contributed by atoms with van der Waals surface area (Å²) in [4.78, 5) is 20.7. The fourth-order valence-electron chi connectivity index (χ4n) is 2.46. The van der Waals surface area contributed by atoms with Gasteiger partial charge in [-0.1, -0.05) is 36.9 Å². The van der Waals surface area contributed by atoms with Gasteiger partial charge in [0.05, 0.1) is 17.9 Å². The highest BCUT2D eigenvalue weighted by Gasteiger charge is 2.15. The van der Waals surface area contributed by atoms with E-state index in [9.17, 15) is 4.79 Å². The minimum atomic E-state index is -0.431. The van der Waals surface area contributed by atoms with Crippen LogP contribution in [0.15, 0.2) is 49.2 Å². The second-order valence-electron chi connectivity index (χ2n) is 5.20. The third-order valence-electron chi connectivity index (χ3n) is 3.70. The van der Waals surface area contributed by atoms with Gasteiger partial charge in [-0.05, 0) is 24.6 Å². The van der Waals surface area contributed by atoms with Crippen LogP contribution < -0.4 is 5.73 Å². The molecule has 2 N–H and O–H groups in total. The molecule has 0 bridgehead atoms. The van der Waals surface area contributed by atoms with Gasteiger partial charge in [0.1, 0.15) is 11.3 Å². The standard InChI is InChI=1S/C19H17N3O2/c1-3-12-5-7-13(8-6-12)16-10-9-14-15(19(23)24-4-2)11-21-18(20)17(14)22-16/h3,5-11H,1,4H2,2H3,(H2,20,21). The predicted molar refractivity (Wildman–Crippen MR) is 95.4 cm³/mol. The summed E-state index contributed by atoms with van der Waals surface area (Å²) in [5.74, 6) is -0.150. The van der Waals surface area contributed by atoms with E-state index in [0.29, 0.717) is 23.1 Å². The van der Waals surface area contributed by atoms with Crippen molar-refractivity contribution in [3.8, 4) is 11.3 Å². The van der Waals surface area contributed by atoms with Crippen LogP contribution in [0.4, 0.5) is 5.82 Å². The molecular formula is C19H17N3O2. The average molecular weight is 319 g/mol. The summed E-state index contributed by atoms with van der Waals surface area (Å²) in [6.45, 7) is 5.80. The molecule has 3 aromatic rings. The minimum absolute atomic E-state index is 0.280. The van der Waals surface area contributed by atoms with Gasteiger partial charge in [-0.25, -0.2) is 14.8 Å². The normalized spacial score (nSPS) is 10.5. The monoisotopic (exact) mass is 319 g/mol. The Morgan fingerprint density at radius 3 is 2.67 bits per heavy atom. The van der Waals surface area contributed by atoms with Gasteiger partial charge in [0.15, 0.2) is 0 Å². The first kappa shape index (κ1) is 15.7. The fraction of sp³-hybridized carbons (Fsp3) is 0.105. The van der Waals surface area contributed by atoms with Crippen molar-refractivity contribution in [2.75, 3.05) is 12.3 Å². The molecule has 0 saturated heterocycles. The molecular weight excluding hydrogens is 302 g/mol. The van der Waals surface area contributed by atoms with Crippen molar-refractivity contribution in [2.45, 2.75) is 6.92 Å². The summed E-state index contributed by atoms with van der Waals surface area (Å²) in [5, 5.41) is 0.632. The van der Waals surface area contributed by atoms with E-state index in [0.717, 1.165) is 16.8 Å². The molecule has 24 heavy (non-hydrogen) atoms. The SMILES string of the molecule is C=Cc1ccc(-c2ccc3c(C(=O)OCC)cnc(N)c3n2)cc1. The highest BCUT2D eigenvalue weighted by Crippen LogP contribution is 2.26. The molecule has 2 heterocycles. The van der Waals surface area contributed by atoms with E-state index < -0.39 is 5.97 Å². The molecule has 0 aliphatic rings. The summed E-state index contributed by atoms with van der Waals surface area (Å²) >= 11 is 0. The number of nitrogen functional groups attached to an aromatic ring is 1. The Bertz CT molecular complexity index is 918. The Balaban J connectivity index is 2.12. The lowest BCUT2D eigenvalue weighted by molar-refractivity contribution is 0.0528. The number of carbonyl (C=O) groups excluding carboxylic acids is 1. The number of carbonyl (C=O) groups is 1. The van der Waals surface area contributed by atoms with Crippen molar-refractivity contribution in [2.24, 2.45) is 0 Å². The van der Waals surface area contributed by atoms with Gasteiger partial charge in [0.2, 0.25) is 0 Å². The molecule has 5 heteroatoms. The van der Waals surface area contributed by atoms with Crippen molar-refractivity contribution in [1.82, 2.24) is 9.97 Å². The van der Waals surface area contributed by atoms with Crippen LogP contribution in [-0.2, 0) is 4.74 Å². The van der Waals surface area contributed by atoms with Gasteiger partial charge in [-0.15, -0.1) is 0 Å². The highest BCUT2D eigenvalue weighted by atomic mass is 16.5. The van der Waals surface area contributed by atoms with E-state index in [4.69, 9.17) is 10.5 Å². The molecule has 0 radical (unpaired) electrons. The molecule has 0 aliphatic heterocycles. The van der Waals surface area contributed by atoms with Crippen LogP contribution in [0.5, 0.6) is 0 Å². The van der Waals surface area contributed by atoms with Crippen LogP contribution >= 0.6 is 0 Å². The third kappa shape index (κ3) is 2.84. The lowest BCUT2D eigenvalue weighted by atomic mass is 10.1. The number of rotatable bonds is 4. The maximum absolute atomic E-state index is 12.1. The number of nitrogens with two attached hydrogens (primary N) is 1. The Morgan fingerprint density at radius 1 is 1.25 bits per heavy atom. The second kappa shape index (κ2) is 6.50. The molecule has 0 atom stereocenters. The molecule has 1 aromatic carbocycles. The molecule has 3 rings (SSSR count). The summed E-state index contributed by atoms with van der Waals surface area (Å²) in [7, 11) is 0. The number of pyridine rings is 2. The Kier molecular flexibility index (Phi) is 4.24.